The van der Waals surface area contributed by atoms with Gasteiger partial charge in [0.05, 0.1) is 7.11 Å². The van der Waals surface area contributed by atoms with Crippen LogP contribution < -0.4 is 15.2 Å². The summed E-state index contributed by atoms with van der Waals surface area (Å²) >= 11 is 0. The maximum absolute atomic E-state index is 6.21. The first kappa shape index (κ1) is 19.6. The van der Waals surface area contributed by atoms with E-state index in [4.69, 9.17) is 4.74 Å². The number of methoxy groups -OCH3 is 1. The first-order chi connectivity index (χ1) is 16.3. The summed E-state index contributed by atoms with van der Waals surface area (Å²) in [6.07, 6.45) is 11.1. The van der Waals surface area contributed by atoms with Crippen LogP contribution in [0.3, 0.4) is 0 Å². The van der Waals surface area contributed by atoms with Gasteiger partial charge in [0.25, 0.3) is 0 Å². The molecule has 4 aromatic rings. The van der Waals surface area contributed by atoms with E-state index in [9.17, 15) is 0 Å². The maximum atomic E-state index is 6.21. The van der Waals surface area contributed by atoms with Gasteiger partial charge in [0, 0.05) is 16.0 Å². The van der Waals surface area contributed by atoms with Crippen LogP contribution >= 0.6 is 0 Å². The second-order valence-corrected chi connectivity index (χ2v) is 8.36. The highest BCUT2D eigenvalue weighted by Gasteiger charge is 2.23. The fourth-order valence-electron chi connectivity index (χ4n) is 4.99. The van der Waals surface area contributed by atoms with Crippen LogP contribution in [0.5, 0.6) is 5.75 Å². The first-order valence-corrected chi connectivity index (χ1v) is 11.3. The van der Waals surface area contributed by atoms with E-state index in [0.29, 0.717) is 0 Å². The SMILES string of the molecule is COc1c(C2=CC=CC2)c2c(cc1=C(c1ccccc1)c1ccccc1)-c1ccccc1[C]=2. The van der Waals surface area contributed by atoms with Crippen LogP contribution in [-0.2, 0) is 0 Å². The average Bonchev–Trinajstić information content (AvgIpc) is 3.53. The number of fused-ring (bicyclic) bond motifs is 3. The summed E-state index contributed by atoms with van der Waals surface area (Å²) in [4.78, 5) is 0. The van der Waals surface area contributed by atoms with Gasteiger partial charge in [-0.2, -0.15) is 0 Å². The van der Waals surface area contributed by atoms with Crippen LogP contribution in [-0.4, -0.2) is 7.11 Å². The minimum atomic E-state index is 0.899. The Bertz CT molecular complexity index is 1500. The third-order valence-corrected chi connectivity index (χ3v) is 6.45. The van der Waals surface area contributed by atoms with E-state index in [1.807, 2.05) is 0 Å². The fourth-order valence-corrected chi connectivity index (χ4v) is 4.99. The second kappa shape index (κ2) is 8.11. The van der Waals surface area contributed by atoms with Crippen molar-refractivity contribution in [3.63, 3.8) is 0 Å². The monoisotopic (exact) mass is 423 g/mol. The molecule has 4 aromatic carbocycles. The number of benzene rings is 4. The lowest BCUT2D eigenvalue weighted by Crippen LogP contribution is -2.22. The molecule has 0 atom stereocenters. The van der Waals surface area contributed by atoms with Crippen molar-refractivity contribution in [3.05, 3.63) is 142 Å². The molecule has 1 radical (unpaired) electrons. The van der Waals surface area contributed by atoms with Gasteiger partial charge in [-0.1, -0.05) is 103 Å². The molecule has 0 N–H and O–H groups in total. The van der Waals surface area contributed by atoms with Crippen molar-refractivity contribution in [3.8, 4) is 16.9 Å². The Morgan fingerprint density at radius 3 is 2.09 bits per heavy atom. The molecule has 0 aliphatic heterocycles. The highest BCUT2D eigenvalue weighted by Crippen LogP contribution is 2.34. The fraction of sp³-hybridized carbons (Fsp3) is 0.0625. The molecule has 0 amide bonds. The standard InChI is InChI=1S/C32H23O/c1-33-32-29(30(22-12-4-2-5-13-22)23-14-6-3-7-15-23)21-27-26-19-11-10-18-25(26)20-28(27)31(32)24-16-8-9-17-24/h2-16,18-19,21H,17H2,1H3. The molecule has 1 nitrogen and oxygen atoms in total. The van der Waals surface area contributed by atoms with Crippen molar-refractivity contribution < 1.29 is 4.74 Å². The molecule has 0 heterocycles. The van der Waals surface area contributed by atoms with E-state index in [-0.39, 0.29) is 0 Å². The Labute approximate surface area is 194 Å². The largest absolute Gasteiger partial charge is 0.495 e. The molecule has 0 fully saturated rings. The molecular weight excluding hydrogens is 400 g/mol. The molecule has 0 aromatic heterocycles. The number of allylic oxidation sites excluding steroid dienone is 4. The Morgan fingerprint density at radius 1 is 0.788 bits per heavy atom. The molecule has 157 valence electrons. The third kappa shape index (κ3) is 3.25. The van der Waals surface area contributed by atoms with Gasteiger partial charge in [-0.3, -0.25) is 0 Å². The molecule has 33 heavy (non-hydrogen) atoms. The van der Waals surface area contributed by atoms with Crippen molar-refractivity contribution in [1.82, 2.24) is 0 Å². The quantitative estimate of drug-likeness (QED) is 0.346. The summed E-state index contributed by atoms with van der Waals surface area (Å²) in [5.74, 6) is 0.909. The molecule has 0 saturated carbocycles. The van der Waals surface area contributed by atoms with E-state index < -0.39 is 0 Å². The first-order valence-electron chi connectivity index (χ1n) is 11.3. The summed E-state index contributed by atoms with van der Waals surface area (Å²) < 4.78 is 6.21. The van der Waals surface area contributed by atoms with Crippen molar-refractivity contribution >= 4 is 17.2 Å². The van der Waals surface area contributed by atoms with Crippen molar-refractivity contribution in [1.29, 1.82) is 0 Å². The number of hydrogen-bond acceptors (Lipinski definition) is 1. The molecule has 0 bridgehead atoms. The smallest absolute Gasteiger partial charge is 0.134 e. The van der Waals surface area contributed by atoms with Gasteiger partial charge < -0.3 is 4.74 Å². The minimum Gasteiger partial charge on any atom is -0.495 e. The van der Waals surface area contributed by atoms with Gasteiger partial charge in [0.2, 0.25) is 0 Å². The topological polar surface area (TPSA) is 9.23 Å². The summed E-state index contributed by atoms with van der Waals surface area (Å²) in [5.41, 5.74) is 9.52. The van der Waals surface area contributed by atoms with Gasteiger partial charge in [0.1, 0.15) is 5.75 Å². The zero-order valence-corrected chi connectivity index (χ0v) is 18.5. The zero-order valence-electron chi connectivity index (χ0n) is 18.5. The molecule has 1 heteroatoms. The second-order valence-electron chi connectivity index (χ2n) is 8.36. The van der Waals surface area contributed by atoms with E-state index in [2.05, 4.69) is 115 Å². The van der Waals surface area contributed by atoms with Crippen molar-refractivity contribution in [2.24, 2.45) is 0 Å². The minimum absolute atomic E-state index is 0.899. The normalized spacial score (nSPS) is 13.2. The summed E-state index contributed by atoms with van der Waals surface area (Å²) in [6, 6.07) is 32.0. The third-order valence-electron chi connectivity index (χ3n) is 6.45. The maximum Gasteiger partial charge on any atom is 0.134 e. The van der Waals surface area contributed by atoms with E-state index in [1.165, 1.54) is 33.4 Å². The molecule has 0 unspecified atom stereocenters. The van der Waals surface area contributed by atoms with Crippen LogP contribution in [0.4, 0.5) is 0 Å². The van der Waals surface area contributed by atoms with Gasteiger partial charge in [-0.15, -0.1) is 0 Å². The lowest BCUT2D eigenvalue weighted by Gasteiger charge is -2.17. The van der Waals surface area contributed by atoms with Gasteiger partial charge >= 0.3 is 0 Å². The average molecular weight is 424 g/mol. The highest BCUT2D eigenvalue weighted by atomic mass is 16.5. The summed E-state index contributed by atoms with van der Waals surface area (Å²) in [7, 11) is 1.79. The van der Waals surface area contributed by atoms with Crippen LogP contribution in [0.15, 0.2) is 109 Å². The van der Waals surface area contributed by atoms with Crippen molar-refractivity contribution in [2.75, 3.05) is 7.11 Å². The Kier molecular flexibility index (Phi) is 4.81. The number of rotatable bonds is 4. The van der Waals surface area contributed by atoms with Crippen LogP contribution in [0.25, 0.3) is 28.3 Å². The summed E-state index contributed by atoms with van der Waals surface area (Å²) in [5, 5.41) is 2.24. The predicted molar refractivity (Wildman–Crippen MR) is 136 cm³/mol. The summed E-state index contributed by atoms with van der Waals surface area (Å²) in [6.45, 7) is 0. The molecule has 6 rings (SSSR count). The van der Waals surface area contributed by atoms with Crippen LogP contribution in [0.2, 0.25) is 0 Å². The molecule has 2 aliphatic carbocycles. The van der Waals surface area contributed by atoms with Gasteiger partial charge in [-0.05, 0) is 57.5 Å². The number of ether oxygens (including phenoxy) is 1. The molecule has 2 aliphatic rings. The predicted octanol–water partition coefficient (Wildman–Crippen LogP) is 5.97. The zero-order chi connectivity index (χ0) is 22.2. The molecule has 0 saturated heterocycles. The van der Waals surface area contributed by atoms with Crippen LogP contribution in [0, 0.1) is 0 Å². The van der Waals surface area contributed by atoms with E-state index in [1.54, 1.807) is 7.11 Å². The lowest BCUT2D eigenvalue weighted by atomic mass is 9.90. The number of hydrogen-bond donors (Lipinski definition) is 0. The van der Waals surface area contributed by atoms with Gasteiger partial charge in [0.15, 0.2) is 0 Å². The highest BCUT2D eigenvalue weighted by molar-refractivity contribution is 5.91. The van der Waals surface area contributed by atoms with E-state index >= 15 is 0 Å². The van der Waals surface area contributed by atoms with Crippen LogP contribution in [0.1, 0.15) is 28.7 Å². The Hall–Kier alpha value is -4.10. The van der Waals surface area contributed by atoms with Gasteiger partial charge in [-0.25, -0.2) is 0 Å². The lowest BCUT2D eigenvalue weighted by molar-refractivity contribution is 0.409. The van der Waals surface area contributed by atoms with Crippen molar-refractivity contribution in [2.45, 2.75) is 6.42 Å². The molecule has 0 spiro atoms. The Balaban J connectivity index is 1.81. The molecular formula is C32H23O. The van der Waals surface area contributed by atoms with E-state index in [0.717, 1.165) is 33.7 Å². The Morgan fingerprint density at radius 2 is 1.45 bits per heavy atom.